The Morgan fingerprint density at radius 3 is 2.32 bits per heavy atom. The minimum absolute atomic E-state index is 0.294. The van der Waals surface area contributed by atoms with Gasteiger partial charge in [-0.1, -0.05) is 42.1 Å². The van der Waals surface area contributed by atoms with Crippen LogP contribution in [0.1, 0.15) is 12.5 Å². The highest BCUT2D eigenvalue weighted by molar-refractivity contribution is 8.18. The number of hydrogen-bond donors (Lipinski definition) is 1. The van der Waals surface area contributed by atoms with Crippen molar-refractivity contribution < 1.29 is 19.1 Å². The maximum Gasteiger partial charge on any atom is 0.294 e. The summed E-state index contributed by atoms with van der Waals surface area (Å²) < 4.78 is 5.37. The zero-order valence-electron chi connectivity index (χ0n) is 18.4. The van der Waals surface area contributed by atoms with Gasteiger partial charge in [-0.25, -0.2) is 0 Å². The van der Waals surface area contributed by atoms with Crippen molar-refractivity contribution in [2.45, 2.75) is 16.7 Å². The number of nitrogens with one attached hydrogen (secondary N) is 1. The van der Waals surface area contributed by atoms with Gasteiger partial charge in [0.05, 0.1) is 11.5 Å². The van der Waals surface area contributed by atoms with Crippen LogP contribution in [0, 0.1) is 0 Å². The summed E-state index contributed by atoms with van der Waals surface area (Å²) in [4.78, 5) is 41.0. The molecule has 3 aromatic rings. The lowest BCUT2D eigenvalue weighted by Crippen LogP contribution is -2.36. The SMILES string of the molecule is CCOc1ccc(NC(=O)CN2C(=O)S/C(=C/c3ccc(Sc4ccccc4)cc3)C2=O)cc1. The Balaban J connectivity index is 1.36. The number of rotatable bonds is 8. The summed E-state index contributed by atoms with van der Waals surface area (Å²) in [6.45, 7) is 2.09. The topological polar surface area (TPSA) is 75.7 Å². The van der Waals surface area contributed by atoms with Crippen LogP contribution >= 0.6 is 23.5 Å². The normalized spacial score (nSPS) is 14.5. The van der Waals surface area contributed by atoms with Crippen LogP contribution in [0.15, 0.2) is 93.6 Å². The molecule has 6 nitrogen and oxygen atoms in total. The molecule has 1 N–H and O–H groups in total. The molecule has 0 spiro atoms. The van der Waals surface area contributed by atoms with Crippen LogP contribution in [0.5, 0.6) is 5.75 Å². The van der Waals surface area contributed by atoms with Gasteiger partial charge in [-0.15, -0.1) is 0 Å². The highest BCUT2D eigenvalue weighted by Crippen LogP contribution is 2.33. The van der Waals surface area contributed by atoms with E-state index in [2.05, 4.69) is 5.32 Å². The van der Waals surface area contributed by atoms with Crippen molar-refractivity contribution >= 4 is 52.3 Å². The van der Waals surface area contributed by atoms with Crippen LogP contribution in [0.25, 0.3) is 6.08 Å². The standard InChI is InChI=1S/C26H22N2O4S2/c1-2-32-20-12-10-19(11-13-20)27-24(29)17-28-25(30)23(34-26(28)31)16-18-8-14-22(15-9-18)33-21-6-4-3-5-7-21/h3-16H,2,17H2,1H3,(H,27,29)/b23-16+. The average Bonchev–Trinajstić information content (AvgIpc) is 3.09. The zero-order valence-corrected chi connectivity index (χ0v) is 20.0. The van der Waals surface area contributed by atoms with E-state index in [1.165, 1.54) is 0 Å². The second kappa shape index (κ2) is 11.1. The van der Waals surface area contributed by atoms with Crippen LogP contribution in [0.4, 0.5) is 10.5 Å². The molecule has 0 aliphatic carbocycles. The molecule has 0 atom stereocenters. The number of anilines is 1. The highest BCUT2D eigenvalue weighted by atomic mass is 32.2. The molecule has 3 aromatic carbocycles. The lowest BCUT2D eigenvalue weighted by atomic mass is 10.2. The molecule has 0 unspecified atom stereocenters. The first-order valence-electron chi connectivity index (χ1n) is 10.6. The summed E-state index contributed by atoms with van der Waals surface area (Å²) in [5, 5.41) is 2.23. The van der Waals surface area contributed by atoms with E-state index in [0.717, 1.165) is 32.0 Å². The molecule has 1 aliphatic rings. The molecule has 4 rings (SSSR count). The minimum Gasteiger partial charge on any atom is -0.494 e. The third-order valence-electron chi connectivity index (χ3n) is 4.78. The predicted molar refractivity (Wildman–Crippen MR) is 136 cm³/mol. The number of hydrogen-bond acceptors (Lipinski definition) is 6. The van der Waals surface area contributed by atoms with Crippen molar-refractivity contribution in [1.29, 1.82) is 0 Å². The monoisotopic (exact) mass is 490 g/mol. The molecule has 1 aliphatic heterocycles. The minimum atomic E-state index is -0.473. The van der Waals surface area contributed by atoms with E-state index in [0.29, 0.717) is 22.9 Å². The van der Waals surface area contributed by atoms with Gasteiger partial charge in [0.2, 0.25) is 5.91 Å². The zero-order chi connectivity index (χ0) is 23.9. The lowest BCUT2D eigenvalue weighted by Gasteiger charge is -2.12. The van der Waals surface area contributed by atoms with E-state index in [4.69, 9.17) is 4.74 Å². The molecule has 1 saturated heterocycles. The number of carbonyl (C=O) groups excluding carboxylic acids is 3. The van der Waals surface area contributed by atoms with Crippen LogP contribution in [-0.2, 0) is 9.59 Å². The van der Waals surface area contributed by atoms with E-state index >= 15 is 0 Å². The molecule has 172 valence electrons. The van der Waals surface area contributed by atoms with Crippen molar-refractivity contribution in [3.63, 3.8) is 0 Å². The molecule has 0 saturated carbocycles. The van der Waals surface area contributed by atoms with Gasteiger partial charge >= 0.3 is 0 Å². The molecule has 8 heteroatoms. The molecule has 0 bridgehead atoms. The first kappa shape index (κ1) is 23.7. The molecular weight excluding hydrogens is 468 g/mol. The number of ether oxygens (including phenoxy) is 1. The summed E-state index contributed by atoms with van der Waals surface area (Å²) in [5.74, 6) is -0.224. The highest BCUT2D eigenvalue weighted by Gasteiger charge is 2.36. The van der Waals surface area contributed by atoms with Gasteiger partial charge in [-0.2, -0.15) is 0 Å². The van der Waals surface area contributed by atoms with Crippen LogP contribution in [-0.4, -0.2) is 35.1 Å². The summed E-state index contributed by atoms with van der Waals surface area (Å²) in [5.41, 5.74) is 1.37. The Kier molecular flexibility index (Phi) is 7.72. The van der Waals surface area contributed by atoms with Gasteiger partial charge in [0.25, 0.3) is 11.1 Å². The second-order valence-electron chi connectivity index (χ2n) is 7.26. The molecular formula is C26H22N2O4S2. The number of nitrogens with zero attached hydrogens (tertiary/aromatic N) is 1. The number of imide groups is 1. The van der Waals surface area contributed by atoms with E-state index in [9.17, 15) is 14.4 Å². The van der Waals surface area contributed by atoms with Crippen molar-refractivity contribution in [3.8, 4) is 5.75 Å². The van der Waals surface area contributed by atoms with Gasteiger partial charge in [0, 0.05) is 15.5 Å². The fourth-order valence-corrected chi connectivity index (χ4v) is 4.87. The van der Waals surface area contributed by atoms with E-state index < -0.39 is 17.1 Å². The van der Waals surface area contributed by atoms with Crippen LogP contribution < -0.4 is 10.1 Å². The van der Waals surface area contributed by atoms with E-state index in [1.807, 2.05) is 61.5 Å². The Bertz CT molecular complexity index is 1210. The number of amides is 3. The summed E-state index contributed by atoms with van der Waals surface area (Å²) in [7, 11) is 0. The number of carbonyl (C=O) groups is 3. The molecule has 34 heavy (non-hydrogen) atoms. The first-order chi connectivity index (χ1) is 16.5. The van der Waals surface area contributed by atoms with Crippen molar-refractivity contribution in [3.05, 3.63) is 89.3 Å². The van der Waals surface area contributed by atoms with Gasteiger partial charge < -0.3 is 10.1 Å². The first-order valence-corrected chi connectivity index (χ1v) is 12.3. The van der Waals surface area contributed by atoms with Crippen LogP contribution in [0.2, 0.25) is 0 Å². The quantitative estimate of drug-likeness (QED) is 0.396. The Hall–Kier alpha value is -3.49. The lowest BCUT2D eigenvalue weighted by molar-refractivity contribution is -0.127. The summed E-state index contributed by atoms with van der Waals surface area (Å²) in [6.07, 6.45) is 1.67. The second-order valence-corrected chi connectivity index (χ2v) is 9.40. The molecule has 3 amide bonds. The van der Waals surface area contributed by atoms with Crippen molar-refractivity contribution in [2.24, 2.45) is 0 Å². The predicted octanol–water partition coefficient (Wildman–Crippen LogP) is 5.91. The fraction of sp³-hybridized carbons (Fsp3) is 0.115. The van der Waals surface area contributed by atoms with Crippen molar-refractivity contribution in [2.75, 3.05) is 18.5 Å². The fourth-order valence-electron chi connectivity index (χ4n) is 3.19. The van der Waals surface area contributed by atoms with Gasteiger partial charge in [-0.3, -0.25) is 19.3 Å². The molecule has 0 aromatic heterocycles. The maximum absolute atomic E-state index is 12.7. The van der Waals surface area contributed by atoms with Gasteiger partial charge in [0.15, 0.2) is 0 Å². The Morgan fingerprint density at radius 2 is 1.65 bits per heavy atom. The molecule has 1 heterocycles. The average molecular weight is 491 g/mol. The Labute approximate surface area is 206 Å². The van der Waals surface area contributed by atoms with Gasteiger partial charge in [-0.05, 0) is 78.9 Å². The Morgan fingerprint density at radius 1 is 0.971 bits per heavy atom. The largest absolute Gasteiger partial charge is 0.494 e. The number of benzene rings is 3. The van der Waals surface area contributed by atoms with Gasteiger partial charge in [0.1, 0.15) is 12.3 Å². The third-order valence-corrected chi connectivity index (χ3v) is 6.70. The van der Waals surface area contributed by atoms with E-state index in [-0.39, 0.29) is 6.54 Å². The van der Waals surface area contributed by atoms with Crippen molar-refractivity contribution in [1.82, 2.24) is 4.90 Å². The smallest absolute Gasteiger partial charge is 0.294 e. The third kappa shape index (κ3) is 6.09. The summed E-state index contributed by atoms with van der Waals surface area (Å²) in [6, 6.07) is 24.7. The van der Waals surface area contributed by atoms with Crippen LogP contribution in [0.3, 0.4) is 0 Å². The summed E-state index contributed by atoms with van der Waals surface area (Å²) >= 11 is 2.48. The molecule has 1 fully saturated rings. The maximum atomic E-state index is 12.7. The van der Waals surface area contributed by atoms with E-state index in [1.54, 1.807) is 42.1 Å². The number of thioether (sulfide) groups is 1. The molecule has 0 radical (unpaired) electrons.